The molecule has 55 heavy (non-hydrogen) atoms. The molecule has 4 heteroatoms. The quantitative estimate of drug-likeness (QED) is 0.0426. The van der Waals surface area contributed by atoms with Crippen molar-refractivity contribution in [2.24, 2.45) is 0 Å². The number of allylic oxidation sites excluding steroid dienone is 1. The first-order valence-corrected chi connectivity index (χ1v) is 25.4. The number of rotatable bonds is 47. The lowest BCUT2D eigenvalue weighted by molar-refractivity contribution is -0.123. The smallest absolute Gasteiger partial charge is 0.220 e. The lowest BCUT2D eigenvalue weighted by Gasteiger charge is -2.20. The summed E-state index contributed by atoms with van der Waals surface area (Å²) in [5, 5.41) is 23.0. The molecule has 0 aliphatic heterocycles. The van der Waals surface area contributed by atoms with Crippen LogP contribution in [0.2, 0.25) is 0 Å². The molecule has 0 rings (SSSR count). The molecule has 0 fully saturated rings. The molecule has 0 heterocycles. The summed E-state index contributed by atoms with van der Waals surface area (Å²) in [4.78, 5) is 12.4. The van der Waals surface area contributed by atoms with Crippen molar-refractivity contribution < 1.29 is 15.0 Å². The average molecular weight is 776 g/mol. The molecule has 0 radical (unpaired) electrons. The maximum atomic E-state index is 12.4. The molecule has 0 aromatic carbocycles. The molecule has 0 aromatic heterocycles. The summed E-state index contributed by atoms with van der Waals surface area (Å²) in [6, 6.07) is -0.616. The second-order valence-electron chi connectivity index (χ2n) is 17.6. The van der Waals surface area contributed by atoms with Crippen molar-refractivity contribution in [3.63, 3.8) is 0 Å². The van der Waals surface area contributed by atoms with Gasteiger partial charge in [0.05, 0.1) is 18.8 Å². The minimum atomic E-state index is -0.834. The van der Waals surface area contributed by atoms with Gasteiger partial charge in [-0.1, -0.05) is 276 Å². The van der Waals surface area contributed by atoms with Crippen LogP contribution in [0, 0.1) is 0 Å². The first kappa shape index (κ1) is 54.1. The zero-order chi connectivity index (χ0) is 40.0. The molecule has 0 saturated heterocycles. The van der Waals surface area contributed by atoms with Crippen LogP contribution in [0.15, 0.2) is 12.2 Å². The molecule has 328 valence electrons. The van der Waals surface area contributed by atoms with E-state index in [-0.39, 0.29) is 12.5 Å². The zero-order valence-corrected chi connectivity index (χ0v) is 37.7. The van der Waals surface area contributed by atoms with E-state index in [4.69, 9.17) is 0 Å². The zero-order valence-electron chi connectivity index (χ0n) is 37.7. The van der Waals surface area contributed by atoms with Crippen molar-refractivity contribution in [1.82, 2.24) is 5.32 Å². The molecule has 2 atom stereocenters. The molecule has 0 aromatic rings. The van der Waals surface area contributed by atoms with E-state index in [0.29, 0.717) is 6.42 Å². The molecule has 0 bridgehead atoms. The molecule has 3 N–H and O–H groups in total. The summed E-state index contributed by atoms with van der Waals surface area (Å²) in [7, 11) is 0. The first-order chi connectivity index (χ1) is 27.2. The van der Waals surface area contributed by atoms with Crippen molar-refractivity contribution >= 4 is 5.91 Å². The molecule has 4 nitrogen and oxygen atoms in total. The van der Waals surface area contributed by atoms with Gasteiger partial charge in [-0.15, -0.1) is 0 Å². The molecule has 0 saturated carbocycles. The third kappa shape index (κ3) is 44.1. The largest absolute Gasteiger partial charge is 0.394 e. The van der Waals surface area contributed by atoms with Gasteiger partial charge in [-0.2, -0.15) is 0 Å². The van der Waals surface area contributed by atoms with Crippen LogP contribution in [-0.4, -0.2) is 34.9 Å². The van der Waals surface area contributed by atoms with Crippen LogP contribution in [0.3, 0.4) is 0 Å². The number of hydrogen-bond acceptors (Lipinski definition) is 3. The van der Waals surface area contributed by atoms with Crippen molar-refractivity contribution in [2.45, 2.75) is 302 Å². The van der Waals surface area contributed by atoms with Gasteiger partial charge in [-0.25, -0.2) is 0 Å². The minimum absolute atomic E-state index is 0.0579. The summed E-state index contributed by atoms with van der Waals surface area (Å²) in [5.41, 5.74) is 0. The van der Waals surface area contributed by atoms with Crippen molar-refractivity contribution in [2.75, 3.05) is 6.61 Å². The van der Waals surface area contributed by atoms with Gasteiger partial charge in [0.25, 0.3) is 0 Å². The SMILES string of the molecule is CCCCCCCCCCCCCC/C=C/C(O)C(CO)NC(=O)CCCCCCCCCCCCCCCCCCCCCCCCCCCCCCC. The van der Waals surface area contributed by atoms with Gasteiger partial charge >= 0.3 is 0 Å². The summed E-state index contributed by atoms with van der Waals surface area (Å²) in [5.74, 6) is -0.0579. The summed E-state index contributed by atoms with van der Waals surface area (Å²) >= 11 is 0. The maximum Gasteiger partial charge on any atom is 0.220 e. The summed E-state index contributed by atoms with van der Waals surface area (Å²) in [6.45, 7) is 4.33. The monoisotopic (exact) mass is 776 g/mol. The van der Waals surface area contributed by atoms with Gasteiger partial charge in [-0.05, 0) is 19.3 Å². The van der Waals surface area contributed by atoms with E-state index in [0.717, 1.165) is 25.7 Å². The normalized spacial score (nSPS) is 12.9. The Balaban J connectivity index is 3.42. The van der Waals surface area contributed by atoms with Crippen molar-refractivity contribution in [1.29, 1.82) is 0 Å². The Kier molecular flexibility index (Phi) is 46.8. The van der Waals surface area contributed by atoms with Crippen LogP contribution in [-0.2, 0) is 4.79 Å². The number of carbonyl (C=O) groups is 1. The van der Waals surface area contributed by atoms with Gasteiger partial charge in [0.15, 0.2) is 0 Å². The third-order valence-electron chi connectivity index (χ3n) is 12.0. The maximum absolute atomic E-state index is 12.4. The minimum Gasteiger partial charge on any atom is -0.394 e. The van der Waals surface area contributed by atoms with Crippen LogP contribution in [0.1, 0.15) is 290 Å². The predicted octanol–water partition coefficient (Wildman–Crippen LogP) is 16.2. The van der Waals surface area contributed by atoms with Crippen LogP contribution in [0.25, 0.3) is 0 Å². The van der Waals surface area contributed by atoms with Gasteiger partial charge in [0, 0.05) is 6.42 Å². The summed E-state index contributed by atoms with van der Waals surface area (Å²) < 4.78 is 0. The number of amides is 1. The van der Waals surface area contributed by atoms with E-state index >= 15 is 0 Å². The van der Waals surface area contributed by atoms with Crippen molar-refractivity contribution in [3.8, 4) is 0 Å². The van der Waals surface area contributed by atoms with Crippen LogP contribution in [0.4, 0.5) is 0 Å². The Morgan fingerprint density at radius 2 is 0.673 bits per heavy atom. The molecule has 2 unspecified atom stereocenters. The van der Waals surface area contributed by atoms with E-state index in [2.05, 4.69) is 19.2 Å². The van der Waals surface area contributed by atoms with Crippen molar-refractivity contribution in [3.05, 3.63) is 12.2 Å². The number of unbranched alkanes of at least 4 members (excludes halogenated alkanes) is 40. The standard InChI is InChI=1S/C51H101NO3/c1-3-5-7-9-11-13-15-17-19-20-21-22-23-24-25-26-27-28-29-30-31-32-33-35-37-39-41-43-45-47-51(55)52-49(48-53)50(54)46-44-42-40-38-36-34-18-16-14-12-10-8-6-4-2/h44,46,49-50,53-54H,3-43,45,47-48H2,1-2H3,(H,52,55)/b46-44+. The van der Waals surface area contributed by atoms with E-state index in [1.165, 1.54) is 244 Å². The van der Waals surface area contributed by atoms with E-state index in [1.54, 1.807) is 6.08 Å². The molecule has 0 aliphatic carbocycles. The van der Waals surface area contributed by atoms with E-state index < -0.39 is 12.1 Å². The molecular weight excluding hydrogens is 675 g/mol. The Morgan fingerprint density at radius 3 is 0.945 bits per heavy atom. The van der Waals surface area contributed by atoms with Gasteiger partial charge in [-0.3, -0.25) is 4.79 Å². The number of aliphatic hydroxyl groups is 2. The second-order valence-corrected chi connectivity index (χ2v) is 17.6. The molecular formula is C51H101NO3. The number of carbonyl (C=O) groups excluding carboxylic acids is 1. The van der Waals surface area contributed by atoms with Crippen LogP contribution < -0.4 is 5.32 Å². The first-order valence-electron chi connectivity index (χ1n) is 25.4. The van der Waals surface area contributed by atoms with Gasteiger partial charge in [0.2, 0.25) is 5.91 Å². The lowest BCUT2D eigenvalue weighted by Crippen LogP contribution is -2.45. The number of aliphatic hydroxyl groups excluding tert-OH is 2. The third-order valence-corrected chi connectivity index (χ3v) is 12.0. The highest BCUT2D eigenvalue weighted by molar-refractivity contribution is 5.76. The van der Waals surface area contributed by atoms with E-state index in [9.17, 15) is 15.0 Å². The fourth-order valence-electron chi connectivity index (χ4n) is 8.12. The highest BCUT2D eigenvalue weighted by atomic mass is 16.3. The molecule has 0 spiro atoms. The highest BCUT2D eigenvalue weighted by Gasteiger charge is 2.18. The molecule has 0 aliphatic rings. The Labute approximate surface area is 346 Å². The second kappa shape index (κ2) is 47.5. The van der Waals surface area contributed by atoms with Gasteiger partial charge < -0.3 is 15.5 Å². The Bertz CT molecular complexity index is 754. The average Bonchev–Trinajstić information content (AvgIpc) is 3.19. The lowest BCUT2D eigenvalue weighted by atomic mass is 10.0. The van der Waals surface area contributed by atoms with E-state index in [1.807, 2.05) is 6.08 Å². The number of hydrogen-bond donors (Lipinski definition) is 3. The summed E-state index contributed by atoms with van der Waals surface area (Å²) in [6.07, 6.45) is 60.7. The van der Waals surface area contributed by atoms with Crippen LogP contribution >= 0.6 is 0 Å². The molecule has 1 amide bonds. The van der Waals surface area contributed by atoms with Crippen LogP contribution in [0.5, 0.6) is 0 Å². The predicted molar refractivity (Wildman–Crippen MR) is 244 cm³/mol. The number of nitrogens with one attached hydrogen (secondary N) is 1. The fraction of sp³-hybridized carbons (Fsp3) is 0.941. The Morgan fingerprint density at radius 1 is 0.418 bits per heavy atom. The topological polar surface area (TPSA) is 69.6 Å². The fourth-order valence-corrected chi connectivity index (χ4v) is 8.12. The van der Waals surface area contributed by atoms with Gasteiger partial charge in [0.1, 0.15) is 0 Å². The Hall–Kier alpha value is -0.870. The highest BCUT2D eigenvalue weighted by Crippen LogP contribution is 2.17.